The molecule has 1 aromatic carbocycles. The molecule has 2 bridgehead atoms. The number of carbonyl (C=O) groups excluding carboxylic acids is 1. The molecule has 4 heterocycles. The highest BCUT2D eigenvalue weighted by Crippen LogP contribution is 2.47. The number of para-hydroxylation sites is 1. The number of benzene rings is 1. The summed E-state index contributed by atoms with van der Waals surface area (Å²) < 4.78 is 15.7. The number of aromatic nitrogens is 3. The number of fused-ring (bicyclic) bond motifs is 6. The van der Waals surface area contributed by atoms with Crippen molar-refractivity contribution in [1.29, 1.82) is 0 Å². The minimum Gasteiger partial charge on any atom is -0.466 e. The number of nitrogens with zero attached hydrogens (tertiary/aromatic N) is 4. The second kappa shape index (κ2) is 7.69. The number of esters is 1. The van der Waals surface area contributed by atoms with Crippen LogP contribution in [0.15, 0.2) is 34.1 Å². The number of rotatable bonds is 4. The van der Waals surface area contributed by atoms with Crippen LogP contribution in [-0.2, 0) is 16.1 Å². The van der Waals surface area contributed by atoms with E-state index in [4.69, 9.17) is 14.5 Å². The van der Waals surface area contributed by atoms with Gasteiger partial charge in [-0.3, -0.25) is 18.8 Å². The van der Waals surface area contributed by atoms with Crippen molar-refractivity contribution < 1.29 is 14.3 Å². The molecule has 3 aromatic rings. The molecule has 9 heteroatoms. The van der Waals surface area contributed by atoms with E-state index in [-0.39, 0.29) is 12.2 Å². The second-order valence-corrected chi connectivity index (χ2v) is 9.46. The summed E-state index contributed by atoms with van der Waals surface area (Å²) in [5.74, 6) is -0.570. The summed E-state index contributed by atoms with van der Waals surface area (Å²) in [5.41, 5.74) is 2.23. The third kappa shape index (κ3) is 3.17. The van der Waals surface area contributed by atoms with Crippen molar-refractivity contribution in [3.63, 3.8) is 0 Å². The van der Waals surface area contributed by atoms with Gasteiger partial charge in [0, 0.05) is 23.4 Å². The van der Waals surface area contributed by atoms with Crippen LogP contribution in [0.4, 0.5) is 0 Å². The van der Waals surface area contributed by atoms with E-state index in [1.807, 2.05) is 55.8 Å². The summed E-state index contributed by atoms with van der Waals surface area (Å²) in [5, 5.41) is 4.56. The summed E-state index contributed by atoms with van der Waals surface area (Å²) in [6.07, 6.45) is 1.89. The van der Waals surface area contributed by atoms with Gasteiger partial charge in [0.05, 0.1) is 22.9 Å². The van der Waals surface area contributed by atoms with Gasteiger partial charge in [0.2, 0.25) is 5.72 Å². The van der Waals surface area contributed by atoms with E-state index in [1.54, 1.807) is 18.4 Å². The molecule has 2 aliphatic rings. The molecule has 0 unspecified atom stereocenters. The number of hydrogen-bond donors (Lipinski definition) is 0. The van der Waals surface area contributed by atoms with Crippen LogP contribution in [-0.4, -0.2) is 32.6 Å². The lowest BCUT2D eigenvalue weighted by Gasteiger charge is -2.44. The molecule has 33 heavy (non-hydrogen) atoms. The molecule has 0 N–H and O–H groups in total. The first-order chi connectivity index (χ1) is 15.8. The summed E-state index contributed by atoms with van der Waals surface area (Å²) in [6.45, 7) is 10.5. The van der Waals surface area contributed by atoms with E-state index in [0.717, 1.165) is 29.1 Å². The molecule has 5 rings (SSSR count). The van der Waals surface area contributed by atoms with Crippen LogP contribution in [0.2, 0.25) is 0 Å². The fraction of sp³-hybridized carbons (Fsp3) is 0.417. The Morgan fingerprint density at radius 3 is 2.76 bits per heavy atom. The Labute approximate surface area is 194 Å². The highest BCUT2D eigenvalue weighted by atomic mass is 32.1. The fourth-order valence-corrected chi connectivity index (χ4v) is 5.98. The van der Waals surface area contributed by atoms with Crippen LogP contribution < -0.4 is 19.6 Å². The monoisotopic (exact) mass is 466 g/mol. The van der Waals surface area contributed by atoms with Crippen molar-refractivity contribution in [2.45, 2.75) is 52.9 Å². The van der Waals surface area contributed by atoms with Crippen LogP contribution >= 0.6 is 11.3 Å². The van der Waals surface area contributed by atoms with Gasteiger partial charge in [0.25, 0.3) is 5.56 Å². The Kier molecular flexibility index (Phi) is 5.04. The van der Waals surface area contributed by atoms with E-state index in [1.165, 1.54) is 11.3 Å². The first kappa shape index (κ1) is 21.6. The van der Waals surface area contributed by atoms with E-state index in [2.05, 4.69) is 5.10 Å². The third-order valence-corrected chi connectivity index (χ3v) is 7.42. The molecule has 2 aromatic heterocycles. The predicted molar refractivity (Wildman–Crippen MR) is 124 cm³/mol. The van der Waals surface area contributed by atoms with Crippen molar-refractivity contribution in [2.75, 3.05) is 6.61 Å². The maximum absolute atomic E-state index is 13.7. The van der Waals surface area contributed by atoms with Crippen molar-refractivity contribution in [2.24, 2.45) is 10.9 Å². The third-order valence-electron chi connectivity index (χ3n) is 6.43. The van der Waals surface area contributed by atoms with Gasteiger partial charge in [-0.15, -0.1) is 0 Å². The molecule has 2 aliphatic heterocycles. The smallest absolute Gasteiger partial charge is 0.317 e. The molecule has 0 radical (unpaired) electrons. The van der Waals surface area contributed by atoms with Gasteiger partial charge >= 0.3 is 5.97 Å². The Morgan fingerprint density at radius 2 is 2.06 bits per heavy atom. The van der Waals surface area contributed by atoms with Crippen LogP contribution in [0.5, 0.6) is 5.75 Å². The highest BCUT2D eigenvalue weighted by Gasteiger charge is 2.55. The lowest BCUT2D eigenvalue weighted by atomic mass is 9.81. The molecule has 0 saturated carbocycles. The van der Waals surface area contributed by atoms with Gasteiger partial charge in [-0.25, -0.2) is 4.99 Å². The molecule has 0 spiro atoms. The van der Waals surface area contributed by atoms with Crippen molar-refractivity contribution in [3.05, 3.63) is 66.5 Å². The minimum atomic E-state index is -1.17. The normalized spacial score (nSPS) is 23.4. The summed E-state index contributed by atoms with van der Waals surface area (Å²) in [7, 11) is 0. The number of hydrogen-bond acceptors (Lipinski definition) is 7. The zero-order valence-corrected chi connectivity index (χ0v) is 20.1. The molecule has 0 saturated heterocycles. The topological polar surface area (TPSA) is 87.7 Å². The van der Waals surface area contributed by atoms with Gasteiger partial charge in [0.15, 0.2) is 4.80 Å². The van der Waals surface area contributed by atoms with Crippen LogP contribution in [0.25, 0.3) is 6.08 Å². The Bertz CT molecular complexity index is 1450. The van der Waals surface area contributed by atoms with Gasteiger partial charge in [-0.1, -0.05) is 29.5 Å². The summed E-state index contributed by atoms with van der Waals surface area (Å²) in [6, 6.07) is 6.94. The fourth-order valence-electron chi connectivity index (χ4n) is 4.90. The van der Waals surface area contributed by atoms with Gasteiger partial charge in [-0.05, 0) is 46.8 Å². The average molecular weight is 467 g/mol. The zero-order valence-electron chi connectivity index (χ0n) is 19.3. The highest BCUT2D eigenvalue weighted by molar-refractivity contribution is 7.07. The molecule has 8 nitrogen and oxygen atoms in total. The molecule has 0 fully saturated rings. The van der Waals surface area contributed by atoms with Crippen molar-refractivity contribution in [3.8, 4) is 5.75 Å². The largest absolute Gasteiger partial charge is 0.466 e. The number of ether oxygens (including phenoxy) is 2. The number of carbonyl (C=O) groups is 1. The van der Waals surface area contributed by atoms with E-state index in [9.17, 15) is 9.59 Å². The van der Waals surface area contributed by atoms with Gasteiger partial charge < -0.3 is 9.47 Å². The van der Waals surface area contributed by atoms with Crippen LogP contribution in [0, 0.1) is 19.8 Å². The summed E-state index contributed by atoms with van der Waals surface area (Å²) in [4.78, 5) is 32.1. The van der Waals surface area contributed by atoms with Crippen LogP contribution in [0.3, 0.4) is 0 Å². The average Bonchev–Trinajstić information content (AvgIpc) is 3.22. The lowest BCUT2D eigenvalue weighted by Crippen LogP contribution is -2.58. The molecule has 172 valence electrons. The Balaban J connectivity index is 1.78. The second-order valence-electron chi connectivity index (χ2n) is 8.45. The SMILES string of the molecule is CCOC(=O)[C@H]1[C@@H]2c3ccccc3O[C@@]1(C)N=c1s/c(=C/c3c(C)nn(CC)c3C)c(=O)n12. The Morgan fingerprint density at radius 1 is 1.30 bits per heavy atom. The summed E-state index contributed by atoms with van der Waals surface area (Å²) >= 11 is 1.31. The number of aryl methyl sites for hydroxylation is 2. The standard InChI is InChI=1S/C24H26N4O4S/c1-6-27-14(4)16(13(3)26-27)12-18-21(29)28-20-15-10-8-9-11-17(15)32-24(5,25-23(28)33-18)19(20)22(30)31-7-2/h8-12,19-20H,6-7H2,1-5H3/b18-12+/t19-,20+,24-/m1/s1. The van der Waals surface area contributed by atoms with Crippen molar-refractivity contribution >= 4 is 23.4 Å². The predicted octanol–water partition coefficient (Wildman–Crippen LogP) is 2.08. The molecular weight excluding hydrogens is 440 g/mol. The maximum atomic E-state index is 13.7. The minimum absolute atomic E-state index is 0.181. The van der Waals surface area contributed by atoms with Gasteiger partial charge in [-0.2, -0.15) is 5.10 Å². The maximum Gasteiger partial charge on any atom is 0.317 e. The van der Waals surface area contributed by atoms with E-state index < -0.39 is 23.7 Å². The lowest BCUT2D eigenvalue weighted by molar-refractivity contribution is -0.160. The first-order valence-corrected chi connectivity index (χ1v) is 11.9. The molecular formula is C24H26N4O4S. The zero-order chi connectivity index (χ0) is 23.5. The van der Waals surface area contributed by atoms with Crippen molar-refractivity contribution in [1.82, 2.24) is 14.3 Å². The molecule has 3 atom stereocenters. The van der Waals surface area contributed by atoms with E-state index >= 15 is 0 Å². The molecule has 0 aliphatic carbocycles. The number of thiazole rings is 1. The molecule has 0 amide bonds. The van der Waals surface area contributed by atoms with Gasteiger partial charge in [0.1, 0.15) is 11.7 Å². The quantitative estimate of drug-likeness (QED) is 0.550. The van der Waals surface area contributed by atoms with E-state index in [0.29, 0.717) is 15.1 Å². The first-order valence-electron chi connectivity index (χ1n) is 11.1. The Hall–Kier alpha value is -3.20. The van der Waals surface area contributed by atoms with Crippen LogP contribution in [0.1, 0.15) is 49.3 Å².